The van der Waals surface area contributed by atoms with Crippen molar-refractivity contribution < 1.29 is 17.6 Å². The zero-order chi connectivity index (χ0) is 16.9. The van der Waals surface area contributed by atoms with Gasteiger partial charge in [0.1, 0.15) is 5.76 Å². The van der Waals surface area contributed by atoms with E-state index in [9.17, 15) is 8.42 Å². The third-order valence-corrected chi connectivity index (χ3v) is 3.99. The van der Waals surface area contributed by atoms with Gasteiger partial charge < -0.3 is 9.15 Å². The molecule has 23 heavy (non-hydrogen) atoms. The van der Waals surface area contributed by atoms with Gasteiger partial charge in [0, 0.05) is 18.8 Å². The van der Waals surface area contributed by atoms with Crippen LogP contribution in [0.3, 0.4) is 0 Å². The number of sulfonamides is 1. The summed E-state index contributed by atoms with van der Waals surface area (Å²) < 4.78 is 35.6. The second kappa shape index (κ2) is 7.63. The van der Waals surface area contributed by atoms with Crippen molar-refractivity contribution in [3.8, 4) is 0 Å². The quantitative estimate of drug-likeness (QED) is 0.773. The van der Waals surface area contributed by atoms with E-state index in [4.69, 9.17) is 9.15 Å². The fourth-order valence-electron chi connectivity index (χ4n) is 2.32. The number of anilines is 1. The summed E-state index contributed by atoms with van der Waals surface area (Å²) in [7, 11) is -1.61. The van der Waals surface area contributed by atoms with Gasteiger partial charge in [0.15, 0.2) is 0 Å². The lowest BCUT2D eigenvalue weighted by molar-refractivity contribution is 0.152. The maximum absolute atomic E-state index is 11.2. The highest BCUT2D eigenvalue weighted by Crippen LogP contribution is 2.22. The fraction of sp³-hybridized carbons (Fsp3) is 0.375. The Kier molecular flexibility index (Phi) is 5.81. The molecule has 1 aromatic heterocycles. The number of ether oxygens (including phenoxy) is 1. The van der Waals surface area contributed by atoms with Crippen LogP contribution in [0.5, 0.6) is 0 Å². The Balaban J connectivity index is 2.05. The van der Waals surface area contributed by atoms with Gasteiger partial charge in [-0.3, -0.25) is 10.0 Å². The molecule has 0 unspecified atom stereocenters. The summed E-state index contributed by atoms with van der Waals surface area (Å²) in [6, 6.07) is 11.0. The van der Waals surface area contributed by atoms with Gasteiger partial charge >= 0.3 is 0 Å². The lowest BCUT2D eigenvalue weighted by Gasteiger charge is -2.22. The number of methoxy groups -OCH3 is 1. The standard InChI is InChI=1S/C16H22N2O4S/c1-12(17-15(11-21-2)16-5-4-10-22-16)13-6-8-14(9-7-13)18-23(3,19)20/h4-10,12,15,17-18H,11H2,1-3H3/t12-,15+/m1/s1. The second-order valence-electron chi connectivity index (χ2n) is 5.41. The molecule has 0 aliphatic carbocycles. The van der Waals surface area contributed by atoms with E-state index < -0.39 is 10.0 Å². The van der Waals surface area contributed by atoms with Gasteiger partial charge in [0.25, 0.3) is 0 Å². The van der Waals surface area contributed by atoms with E-state index in [0.29, 0.717) is 12.3 Å². The molecule has 0 aliphatic heterocycles. The largest absolute Gasteiger partial charge is 0.468 e. The van der Waals surface area contributed by atoms with Crippen LogP contribution >= 0.6 is 0 Å². The minimum atomic E-state index is -3.26. The molecular weight excluding hydrogens is 316 g/mol. The smallest absolute Gasteiger partial charge is 0.229 e. The average molecular weight is 338 g/mol. The van der Waals surface area contributed by atoms with Crippen LogP contribution in [-0.4, -0.2) is 28.4 Å². The molecule has 0 bridgehead atoms. The SMILES string of the molecule is COC[C@H](N[C@H](C)c1ccc(NS(C)(=O)=O)cc1)c1ccco1. The van der Waals surface area contributed by atoms with E-state index in [2.05, 4.69) is 10.0 Å². The summed E-state index contributed by atoms with van der Waals surface area (Å²) in [5.74, 6) is 0.814. The van der Waals surface area contributed by atoms with Crippen molar-refractivity contribution in [1.82, 2.24) is 5.32 Å². The van der Waals surface area contributed by atoms with Gasteiger partial charge in [-0.05, 0) is 36.8 Å². The Hall–Kier alpha value is -1.83. The molecule has 0 saturated carbocycles. The van der Waals surface area contributed by atoms with E-state index >= 15 is 0 Å². The summed E-state index contributed by atoms with van der Waals surface area (Å²) in [4.78, 5) is 0. The molecule has 0 fully saturated rings. The molecule has 2 atom stereocenters. The van der Waals surface area contributed by atoms with Crippen molar-refractivity contribution in [1.29, 1.82) is 0 Å². The number of nitrogens with one attached hydrogen (secondary N) is 2. The van der Waals surface area contributed by atoms with Crippen LogP contribution in [0.1, 0.15) is 30.3 Å². The second-order valence-corrected chi connectivity index (χ2v) is 7.16. The van der Waals surface area contributed by atoms with Crippen molar-refractivity contribution in [3.05, 3.63) is 54.0 Å². The van der Waals surface area contributed by atoms with E-state index in [1.165, 1.54) is 0 Å². The number of rotatable bonds is 8. The Bertz CT molecular complexity index is 696. The van der Waals surface area contributed by atoms with Crippen molar-refractivity contribution in [2.75, 3.05) is 24.7 Å². The van der Waals surface area contributed by atoms with Crippen molar-refractivity contribution in [2.24, 2.45) is 0 Å². The maximum Gasteiger partial charge on any atom is 0.229 e. The molecule has 126 valence electrons. The minimum absolute atomic E-state index is 0.0486. The number of hydrogen-bond acceptors (Lipinski definition) is 5. The van der Waals surface area contributed by atoms with Gasteiger partial charge in [-0.2, -0.15) is 0 Å². The number of hydrogen-bond donors (Lipinski definition) is 2. The molecule has 0 amide bonds. The molecule has 1 aromatic carbocycles. The normalized spacial score (nSPS) is 14.4. The molecular formula is C16H22N2O4S. The van der Waals surface area contributed by atoms with Gasteiger partial charge in [-0.25, -0.2) is 8.42 Å². The molecule has 0 spiro atoms. The molecule has 6 nitrogen and oxygen atoms in total. The minimum Gasteiger partial charge on any atom is -0.468 e. The summed E-state index contributed by atoms with van der Waals surface area (Å²) in [6.45, 7) is 2.52. The molecule has 0 aliphatic rings. The van der Waals surface area contributed by atoms with Crippen LogP contribution < -0.4 is 10.0 Å². The van der Waals surface area contributed by atoms with Crippen LogP contribution in [-0.2, 0) is 14.8 Å². The van der Waals surface area contributed by atoms with Crippen LogP contribution in [0.15, 0.2) is 47.1 Å². The van der Waals surface area contributed by atoms with Crippen LogP contribution in [0, 0.1) is 0 Å². The zero-order valence-corrected chi connectivity index (χ0v) is 14.3. The first kappa shape index (κ1) is 17.5. The van der Waals surface area contributed by atoms with Gasteiger partial charge in [0.2, 0.25) is 10.0 Å². The van der Waals surface area contributed by atoms with E-state index in [1.54, 1.807) is 25.5 Å². The van der Waals surface area contributed by atoms with E-state index in [0.717, 1.165) is 17.6 Å². The topological polar surface area (TPSA) is 80.6 Å². The zero-order valence-electron chi connectivity index (χ0n) is 13.4. The van der Waals surface area contributed by atoms with Crippen molar-refractivity contribution in [2.45, 2.75) is 19.0 Å². The molecule has 1 heterocycles. The van der Waals surface area contributed by atoms with E-state index in [1.807, 2.05) is 31.2 Å². The Morgan fingerprint density at radius 3 is 2.43 bits per heavy atom. The first-order valence-corrected chi connectivity index (χ1v) is 9.14. The van der Waals surface area contributed by atoms with Crippen LogP contribution in [0.2, 0.25) is 0 Å². The van der Waals surface area contributed by atoms with Crippen molar-refractivity contribution >= 4 is 15.7 Å². The van der Waals surface area contributed by atoms with Crippen LogP contribution in [0.4, 0.5) is 5.69 Å². The number of furan rings is 1. The molecule has 0 radical (unpaired) electrons. The Morgan fingerprint density at radius 1 is 1.22 bits per heavy atom. The summed E-state index contributed by atoms with van der Waals surface area (Å²) >= 11 is 0. The predicted octanol–water partition coefficient (Wildman–Crippen LogP) is 2.69. The van der Waals surface area contributed by atoms with Crippen molar-refractivity contribution in [3.63, 3.8) is 0 Å². The first-order valence-electron chi connectivity index (χ1n) is 7.25. The fourth-order valence-corrected chi connectivity index (χ4v) is 2.88. The first-order chi connectivity index (χ1) is 10.9. The van der Waals surface area contributed by atoms with E-state index in [-0.39, 0.29) is 12.1 Å². The molecule has 7 heteroatoms. The summed E-state index contributed by atoms with van der Waals surface area (Å²) in [5, 5.41) is 3.45. The lowest BCUT2D eigenvalue weighted by Crippen LogP contribution is -2.27. The van der Waals surface area contributed by atoms with Gasteiger partial charge in [0.05, 0.1) is 25.2 Å². The molecule has 2 N–H and O–H groups in total. The molecule has 0 saturated heterocycles. The third kappa shape index (κ3) is 5.38. The molecule has 2 rings (SSSR count). The third-order valence-electron chi connectivity index (χ3n) is 3.39. The monoisotopic (exact) mass is 338 g/mol. The Morgan fingerprint density at radius 2 is 1.91 bits per heavy atom. The van der Waals surface area contributed by atoms with Crippen LogP contribution in [0.25, 0.3) is 0 Å². The summed E-state index contributed by atoms with van der Waals surface area (Å²) in [6.07, 6.45) is 2.76. The Labute approximate surface area is 136 Å². The number of benzene rings is 1. The highest BCUT2D eigenvalue weighted by molar-refractivity contribution is 7.92. The van der Waals surface area contributed by atoms with Gasteiger partial charge in [-0.15, -0.1) is 0 Å². The summed E-state index contributed by atoms with van der Waals surface area (Å²) in [5.41, 5.74) is 1.58. The van der Waals surface area contributed by atoms with Gasteiger partial charge in [-0.1, -0.05) is 12.1 Å². The highest BCUT2D eigenvalue weighted by Gasteiger charge is 2.17. The predicted molar refractivity (Wildman–Crippen MR) is 89.8 cm³/mol. The lowest BCUT2D eigenvalue weighted by atomic mass is 10.1. The molecule has 2 aromatic rings. The maximum atomic E-state index is 11.2. The average Bonchev–Trinajstić information content (AvgIpc) is 3.00. The highest BCUT2D eigenvalue weighted by atomic mass is 32.2.